The molecule has 47 heavy (non-hydrogen) atoms. The first kappa shape index (κ1) is 46.9. The molecule has 0 spiro atoms. The van der Waals surface area contributed by atoms with Gasteiger partial charge in [0.1, 0.15) is 0 Å². The summed E-state index contributed by atoms with van der Waals surface area (Å²) in [5, 5.41) is 6.11. The highest BCUT2D eigenvalue weighted by atomic mass is 28.5. The monoisotopic (exact) mass is 735 g/mol. The van der Waals surface area contributed by atoms with Crippen LogP contribution < -0.4 is 22.1 Å². The first-order valence-corrected chi connectivity index (χ1v) is 31.3. The second kappa shape index (κ2) is 27.6. The fraction of sp³-hybridized carbons (Fsp3) is 0.971. The van der Waals surface area contributed by atoms with Crippen LogP contribution in [0, 0.1) is 0 Å². The Hall–Kier alpha value is -0.0625. The smallest absolute Gasteiger partial charge is 0.315 e. The zero-order valence-electron chi connectivity index (χ0n) is 32.7. The van der Waals surface area contributed by atoms with Gasteiger partial charge in [-0.05, 0) is 103 Å². The van der Waals surface area contributed by atoms with Gasteiger partial charge in [0.2, 0.25) is 0 Å². The molecule has 8 nitrogen and oxygen atoms in total. The molecule has 0 radical (unpaired) electrons. The summed E-state index contributed by atoms with van der Waals surface area (Å²) in [5.41, 5.74) is 11.6. The number of urea groups is 1. The van der Waals surface area contributed by atoms with Crippen LogP contribution in [0.1, 0.15) is 129 Å². The zero-order valence-corrected chi connectivity index (χ0v) is 36.7. The van der Waals surface area contributed by atoms with Gasteiger partial charge in [-0.25, -0.2) is 4.79 Å². The van der Waals surface area contributed by atoms with Crippen molar-refractivity contribution in [2.24, 2.45) is 11.5 Å². The molecule has 0 saturated heterocycles. The summed E-state index contributed by atoms with van der Waals surface area (Å²) in [4.78, 5) is 12.5. The average molecular weight is 735 g/mol. The normalized spacial score (nSPS) is 13.9. The molecule has 0 aromatic rings. The molecule has 6 N–H and O–H groups in total. The molecule has 0 rings (SSSR count). The topological polar surface area (TPSA) is 121 Å². The van der Waals surface area contributed by atoms with E-state index in [4.69, 9.17) is 23.8 Å². The summed E-state index contributed by atoms with van der Waals surface area (Å²) < 4.78 is 20.7. The van der Waals surface area contributed by atoms with Crippen molar-refractivity contribution in [3.63, 3.8) is 0 Å². The number of rotatable bonds is 33. The molecule has 1 atom stereocenters. The van der Waals surface area contributed by atoms with Gasteiger partial charge in [0.05, 0.1) is 0 Å². The standard InChI is InChI=1S/C35H82N4O4Si4/c1-9-10-11-12-13-14-15-16-17-18-19-20-21-22-23-24-30-38-35(40)39-31-27-34-47(8,42-45(4,5)33-26-29-37)43-46(6,7)41-44(2,3)32-25-28-36/h9-34,36-37H2,1-8H3,(H2,38,39,40). The highest BCUT2D eigenvalue weighted by molar-refractivity contribution is 6.89. The Morgan fingerprint density at radius 1 is 0.489 bits per heavy atom. The summed E-state index contributed by atoms with van der Waals surface area (Å²) in [6, 6.07) is 2.82. The molecular weight excluding hydrogens is 653 g/mol. The maximum Gasteiger partial charge on any atom is 0.315 e. The van der Waals surface area contributed by atoms with Crippen LogP contribution in [0.5, 0.6) is 0 Å². The van der Waals surface area contributed by atoms with Gasteiger partial charge in [-0.15, -0.1) is 0 Å². The quantitative estimate of drug-likeness (QED) is 0.0394. The fourth-order valence-electron chi connectivity index (χ4n) is 6.62. The SMILES string of the molecule is CCCCCCCCCCCCCCCCCCNC(=O)NCCC[Si](C)(O[Si](C)(C)CCCN)O[Si](C)(C)O[Si](C)(C)CCCN. The molecule has 12 heteroatoms. The third kappa shape index (κ3) is 29.4. The number of carbonyl (C=O) groups is 1. The Balaban J connectivity index is 4.30. The van der Waals surface area contributed by atoms with Crippen LogP contribution in [-0.2, 0) is 12.3 Å². The fourth-order valence-corrected chi connectivity index (χ4v) is 26.4. The van der Waals surface area contributed by atoms with E-state index >= 15 is 0 Å². The Kier molecular flexibility index (Phi) is 27.6. The van der Waals surface area contributed by atoms with Gasteiger partial charge in [0.25, 0.3) is 0 Å². The van der Waals surface area contributed by atoms with Crippen LogP contribution in [-0.4, -0.2) is 66.0 Å². The third-order valence-electron chi connectivity index (χ3n) is 8.85. The lowest BCUT2D eigenvalue weighted by atomic mass is 10.0. The van der Waals surface area contributed by atoms with Crippen molar-refractivity contribution in [3.05, 3.63) is 0 Å². The van der Waals surface area contributed by atoms with E-state index in [0.29, 0.717) is 19.6 Å². The summed E-state index contributed by atoms with van der Waals surface area (Å²) in [5.74, 6) is 0. The number of amides is 2. The number of nitrogens with one attached hydrogen (secondary N) is 2. The number of hydrogen-bond acceptors (Lipinski definition) is 6. The van der Waals surface area contributed by atoms with E-state index in [1.54, 1.807) is 0 Å². The van der Waals surface area contributed by atoms with Gasteiger partial charge < -0.3 is 34.4 Å². The highest BCUT2D eigenvalue weighted by Gasteiger charge is 2.45. The molecule has 0 saturated carbocycles. The minimum atomic E-state index is -2.56. The second-order valence-corrected chi connectivity index (χ2v) is 31.8. The average Bonchev–Trinajstić information content (AvgIpc) is 2.97. The maximum atomic E-state index is 12.5. The number of carbonyl (C=O) groups excluding carboxylic acids is 1. The van der Waals surface area contributed by atoms with E-state index < -0.39 is 33.8 Å². The van der Waals surface area contributed by atoms with E-state index in [1.165, 1.54) is 96.3 Å². The molecule has 0 aromatic heterocycles. The third-order valence-corrected chi connectivity index (χ3v) is 25.0. The summed E-state index contributed by atoms with van der Waals surface area (Å²) in [6.07, 6.45) is 24.5. The Morgan fingerprint density at radius 2 is 0.872 bits per heavy atom. The van der Waals surface area contributed by atoms with Gasteiger partial charge in [0, 0.05) is 13.1 Å². The van der Waals surface area contributed by atoms with Crippen LogP contribution in [0.25, 0.3) is 0 Å². The minimum absolute atomic E-state index is 0.0699. The Bertz CT molecular complexity index is 765. The summed E-state index contributed by atoms with van der Waals surface area (Å²) in [6.45, 7) is 20.6. The van der Waals surface area contributed by atoms with Gasteiger partial charge in [-0.1, -0.05) is 103 Å². The number of unbranched alkanes of at least 4 members (excludes halogenated alkanes) is 15. The Morgan fingerprint density at radius 3 is 1.30 bits per heavy atom. The number of hydrogen-bond donors (Lipinski definition) is 4. The van der Waals surface area contributed by atoms with Crippen LogP contribution >= 0.6 is 0 Å². The Labute approximate surface area is 297 Å². The first-order valence-electron chi connectivity index (χ1n) is 19.7. The van der Waals surface area contributed by atoms with Gasteiger partial charge in [0.15, 0.2) is 16.6 Å². The van der Waals surface area contributed by atoms with Crippen LogP contribution in [0.3, 0.4) is 0 Å². The lowest BCUT2D eigenvalue weighted by molar-refractivity contribution is 0.240. The maximum absolute atomic E-state index is 12.5. The van der Waals surface area contributed by atoms with Crippen LogP contribution in [0.15, 0.2) is 0 Å². The second-order valence-electron chi connectivity index (χ2n) is 15.7. The van der Waals surface area contributed by atoms with E-state index in [0.717, 1.165) is 50.4 Å². The van der Waals surface area contributed by atoms with Crippen molar-refractivity contribution < 1.29 is 17.1 Å². The van der Waals surface area contributed by atoms with E-state index in [2.05, 4.69) is 63.4 Å². The molecule has 0 aliphatic rings. The zero-order chi connectivity index (χ0) is 35.5. The number of nitrogens with two attached hydrogens (primary N) is 2. The van der Waals surface area contributed by atoms with Crippen molar-refractivity contribution in [1.29, 1.82) is 0 Å². The van der Waals surface area contributed by atoms with Gasteiger partial charge >= 0.3 is 23.2 Å². The van der Waals surface area contributed by atoms with E-state index in [-0.39, 0.29) is 6.03 Å². The van der Waals surface area contributed by atoms with Crippen molar-refractivity contribution >= 4 is 39.8 Å². The largest absolute Gasteiger partial charge is 0.436 e. The summed E-state index contributed by atoms with van der Waals surface area (Å²) in [7, 11) is -8.82. The molecule has 0 aliphatic heterocycles. The molecule has 282 valence electrons. The predicted molar refractivity (Wildman–Crippen MR) is 215 cm³/mol. The lowest BCUT2D eigenvalue weighted by Crippen LogP contribution is -2.58. The molecule has 0 fully saturated rings. The predicted octanol–water partition coefficient (Wildman–Crippen LogP) is 9.87. The van der Waals surface area contributed by atoms with Gasteiger partial charge in [-0.2, -0.15) is 0 Å². The molecule has 2 amide bonds. The lowest BCUT2D eigenvalue weighted by Gasteiger charge is -2.42. The van der Waals surface area contributed by atoms with E-state index in [1.807, 2.05) is 0 Å². The van der Waals surface area contributed by atoms with Crippen molar-refractivity contribution in [3.8, 4) is 0 Å². The summed E-state index contributed by atoms with van der Waals surface area (Å²) >= 11 is 0. The van der Waals surface area contributed by atoms with Crippen molar-refractivity contribution in [2.75, 3.05) is 26.2 Å². The molecule has 0 bridgehead atoms. The van der Waals surface area contributed by atoms with Crippen LogP contribution in [0.2, 0.25) is 64.0 Å². The van der Waals surface area contributed by atoms with Crippen molar-refractivity contribution in [2.45, 2.75) is 193 Å². The molecule has 0 aliphatic carbocycles. The van der Waals surface area contributed by atoms with E-state index in [9.17, 15) is 4.79 Å². The van der Waals surface area contributed by atoms with Gasteiger partial charge in [-0.3, -0.25) is 0 Å². The first-order chi connectivity index (χ1) is 22.2. The van der Waals surface area contributed by atoms with Crippen molar-refractivity contribution in [1.82, 2.24) is 10.6 Å². The highest BCUT2D eigenvalue weighted by Crippen LogP contribution is 2.30. The minimum Gasteiger partial charge on any atom is -0.436 e. The molecule has 1 unspecified atom stereocenters. The molecule has 0 heterocycles. The molecular formula is C35H82N4O4Si4. The molecule has 0 aromatic carbocycles. The van der Waals surface area contributed by atoms with Crippen LogP contribution in [0.4, 0.5) is 4.79 Å².